The van der Waals surface area contributed by atoms with Gasteiger partial charge in [0.25, 0.3) is 0 Å². The van der Waals surface area contributed by atoms with Crippen LogP contribution in [0.1, 0.15) is 43.6 Å². The lowest BCUT2D eigenvalue weighted by molar-refractivity contribution is 0.174. The molecule has 1 aromatic carbocycles. The van der Waals surface area contributed by atoms with Crippen LogP contribution in [0.3, 0.4) is 0 Å². The minimum atomic E-state index is -0.0893. The van der Waals surface area contributed by atoms with Crippen molar-refractivity contribution in [3.8, 4) is 21.9 Å². The van der Waals surface area contributed by atoms with Crippen molar-refractivity contribution in [3.63, 3.8) is 0 Å². The fraction of sp³-hybridized carbons (Fsp3) is 0.450. The second-order valence-corrected chi connectivity index (χ2v) is 8.70. The van der Waals surface area contributed by atoms with Crippen molar-refractivity contribution in [2.45, 2.75) is 45.1 Å². The topological polar surface area (TPSA) is 56.8 Å². The first-order valence-electron chi connectivity index (χ1n) is 9.25. The van der Waals surface area contributed by atoms with Crippen LogP contribution >= 0.6 is 23.1 Å². The summed E-state index contributed by atoms with van der Waals surface area (Å²) in [6, 6.07) is 8.54. The van der Waals surface area contributed by atoms with Gasteiger partial charge in [0, 0.05) is 15.5 Å². The summed E-state index contributed by atoms with van der Waals surface area (Å²) in [7, 11) is 0. The minimum absolute atomic E-state index is 0.0893. The summed E-state index contributed by atoms with van der Waals surface area (Å²) in [5, 5.41) is 0.741. The molecule has 0 radical (unpaired) electrons. The third-order valence-corrected chi connectivity index (χ3v) is 7.09. The summed E-state index contributed by atoms with van der Waals surface area (Å²) in [6.45, 7) is 4.31. The molecular formula is C20H24N2O2S2. The molecule has 5 rings (SSSR count). The number of thioether (sulfide) groups is 1. The molecule has 0 amide bonds. The second-order valence-electron chi connectivity index (χ2n) is 6.45. The van der Waals surface area contributed by atoms with Gasteiger partial charge in [-0.15, -0.1) is 11.3 Å². The lowest BCUT2D eigenvalue weighted by atomic mass is 9.78. The van der Waals surface area contributed by atoms with Crippen LogP contribution in [0.25, 0.3) is 10.4 Å². The van der Waals surface area contributed by atoms with E-state index in [1.807, 2.05) is 31.3 Å². The van der Waals surface area contributed by atoms with Crippen molar-refractivity contribution < 1.29 is 9.47 Å². The second kappa shape index (κ2) is 7.16. The molecular weight excluding hydrogens is 364 g/mol. The van der Waals surface area contributed by atoms with Gasteiger partial charge in [0.2, 0.25) is 6.79 Å². The number of rotatable bonds is 1. The smallest absolute Gasteiger partial charge is 0.231 e. The molecule has 26 heavy (non-hydrogen) atoms. The van der Waals surface area contributed by atoms with Gasteiger partial charge in [-0.25, -0.2) is 0 Å². The number of ether oxygens (including phenoxy) is 2. The van der Waals surface area contributed by atoms with Gasteiger partial charge in [0.05, 0.1) is 5.54 Å². The van der Waals surface area contributed by atoms with Crippen LogP contribution in [-0.2, 0) is 12.0 Å². The maximum absolute atomic E-state index is 6.06. The fourth-order valence-electron chi connectivity index (χ4n) is 3.88. The van der Waals surface area contributed by atoms with E-state index in [4.69, 9.17) is 20.2 Å². The SMILES string of the molecule is CC.NC1=NC2(CCCc3sc(-c4ccc5c(c4)OCO5)cc32)CCS1. The number of thiophene rings is 1. The Morgan fingerprint density at radius 2 is 1.96 bits per heavy atom. The Hall–Kier alpha value is -1.66. The highest BCUT2D eigenvalue weighted by molar-refractivity contribution is 8.13. The number of hydrogen-bond acceptors (Lipinski definition) is 6. The van der Waals surface area contributed by atoms with Crippen molar-refractivity contribution in [3.05, 3.63) is 34.7 Å². The number of aryl methyl sites for hydroxylation is 1. The van der Waals surface area contributed by atoms with Gasteiger partial charge >= 0.3 is 0 Å². The Balaban J connectivity index is 0.000000814. The highest BCUT2D eigenvalue weighted by Crippen LogP contribution is 2.49. The molecule has 2 aromatic rings. The Morgan fingerprint density at radius 3 is 2.81 bits per heavy atom. The maximum Gasteiger partial charge on any atom is 0.231 e. The van der Waals surface area contributed by atoms with Crippen molar-refractivity contribution >= 4 is 28.3 Å². The quantitative estimate of drug-likeness (QED) is 0.734. The highest BCUT2D eigenvalue weighted by Gasteiger charge is 2.39. The van der Waals surface area contributed by atoms with E-state index < -0.39 is 0 Å². The Kier molecular flexibility index (Phi) is 4.88. The molecule has 4 nitrogen and oxygen atoms in total. The average molecular weight is 389 g/mol. The largest absolute Gasteiger partial charge is 0.454 e. The number of fused-ring (bicyclic) bond motifs is 3. The molecule has 1 aromatic heterocycles. The maximum atomic E-state index is 6.06. The normalized spacial score (nSPS) is 23.1. The van der Waals surface area contributed by atoms with Gasteiger partial charge in [-0.2, -0.15) is 0 Å². The van der Waals surface area contributed by atoms with Crippen LogP contribution in [0.2, 0.25) is 0 Å². The molecule has 6 heteroatoms. The van der Waals surface area contributed by atoms with Crippen LogP contribution in [0.4, 0.5) is 0 Å². The molecule has 0 saturated heterocycles. The summed E-state index contributed by atoms with van der Waals surface area (Å²) < 4.78 is 10.9. The van der Waals surface area contributed by atoms with E-state index in [0.717, 1.165) is 41.7 Å². The Morgan fingerprint density at radius 1 is 1.12 bits per heavy atom. The van der Waals surface area contributed by atoms with Crippen LogP contribution in [0, 0.1) is 0 Å². The average Bonchev–Trinajstić information content (AvgIpc) is 3.30. The molecule has 2 N–H and O–H groups in total. The number of nitrogens with two attached hydrogens (primary N) is 1. The van der Waals surface area contributed by atoms with Crippen molar-refractivity contribution in [2.75, 3.05) is 12.5 Å². The Bertz CT molecular complexity index is 846. The van der Waals surface area contributed by atoms with Crippen LogP contribution < -0.4 is 15.2 Å². The standard InChI is InChI=1S/C18H18N2O2S2.C2H6/c19-17-20-18(6-7-23-17)5-1-2-15-12(18)9-16(24-15)11-3-4-13-14(8-11)22-10-21-13;1-2/h3-4,8-9H,1-2,5-7,10H2,(H2,19,20);1-2H3. The summed E-state index contributed by atoms with van der Waals surface area (Å²) >= 11 is 3.57. The summed E-state index contributed by atoms with van der Waals surface area (Å²) in [4.78, 5) is 7.65. The van der Waals surface area contributed by atoms with E-state index in [1.54, 1.807) is 11.8 Å². The zero-order valence-corrected chi connectivity index (χ0v) is 16.8. The molecule has 0 fully saturated rings. The van der Waals surface area contributed by atoms with Gasteiger partial charge in [-0.05, 0) is 61.1 Å². The van der Waals surface area contributed by atoms with E-state index in [-0.39, 0.29) is 5.54 Å². The number of aliphatic imine (C=N–C) groups is 1. The van der Waals surface area contributed by atoms with Crippen molar-refractivity contribution in [2.24, 2.45) is 10.7 Å². The highest BCUT2D eigenvalue weighted by atomic mass is 32.2. The number of nitrogens with zero attached hydrogens (tertiary/aromatic N) is 1. The van der Waals surface area contributed by atoms with Crippen LogP contribution in [-0.4, -0.2) is 17.7 Å². The molecule has 138 valence electrons. The first-order chi connectivity index (χ1) is 12.7. The summed E-state index contributed by atoms with van der Waals surface area (Å²) in [5.41, 5.74) is 8.56. The summed E-state index contributed by atoms with van der Waals surface area (Å²) in [5.74, 6) is 2.73. The van der Waals surface area contributed by atoms with Crippen molar-refractivity contribution in [1.29, 1.82) is 0 Å². The van der Waals surface area contributed by atoms with E-state index in [0.29, 0.717) is 6.79 Å². The van der Waals surface area contributed by atoms with Gasteiger partial charge in [0.15, 0.2) is 16.7 Å². The van der Waals surface area contributed by atoms with Gasteiger partial charge < -0.3 is 15.2 Å². The first kappa shape index (κ1) is 17.7. The molecule has 0 bridgehead atoms. The van der Waals surface area contributed by atoms with E-state index in [1.165, 1.54) is 27.3 Å². The molecule has 3 heterocycles. The monoisotopic (exact) mass is 388 g/mol. The van der Waals surface area contributed by atoms with E-state index >= 15 is 0 Å². The third-order valence-electron chi connectivity index (χ3n) is 5.05. The van der Waals surface area contributed by atoms with E-state index in [9.17, 15) is 0 Å². The number of benzene rings is 1. The lowest BCUT2D eigenvalue weighted by Crippen LogP contribution is -2.34. The van der Waals surface area contributed by atoms with E-state index in [2.05, 4.69) is 18.2 Å². The van der Waals surface area contributed by atoms with Gasteiger partial charge in [-0.3, -0.25) is 4.99 Å². The number of amidine groups is 1. The van der Waals surface area contributed by atoms with Gasteiger partial charge in [0.1, 0.15) is 0 Å². The predicted molar refractivity (Wildman–Crippen MR) is 111 cm³/mol. The Labute approximate surface area is 162 Å². The molecule has 1 unspecified atom stereocenters. The molecule has 1 atom stereocenters. The fourth-order valence-corrected chi connectivity index (χ4v) is 6.06. The molecule has 1 spiro atoms. The summed E-state index contributed by atoms with van der Waals surface area (Å²) in [6.07, 6.45) is 4.53. The van der Waals surface area contributed by atoms with Gasteiger partial charge in [-0.1, -0.05) is 25.6 Å². The predicted octanol–water partition coefficient (Wildman–Crippen LogP) is 5.15. The van der Waals surface area contributed by atoms with Crippen LogP contribution in [0.5, 0.6) is 11.5 Å². The zero-order valence-electron chi connectivity index (χ0n) is 15.2. The van der Waals surface area contributed by atoms with Crippen molar-refractivity contribution in [1.82, 2.24) is 0 Å². The third kappa shape index (κ3) is 2.99. The molecule has 0 saturated carbocycles. The molecule has 1 aliphatic carbocycles. The number of hydrogen-bond donors (Lipinski definition) is 1. The molecule has 2 aliphatic heterocycles. The lowest BCUT2D eigenvalue weighted by Gasteiger charge is -2.36. The first-order valence-corrected chi connectivity index (χ1v) is 11.1. The van der Waals surface area contributed by atoms with Crippen LogP contribution in [0.15, 0.2) is 29.3 Å². The molecule has 3 aliphatic rings. The minimum Gasteiger partial charge on any atom is -0.454 e. The zero-order chi connectivity index (χ0) is 18.1.